The molecular formula is C11H10Cl2NP. The van der Waals surface area contributed by atoms with Crippen LogP contribution in [-0.4, -0.2) is 4.34 Å². The highest BCUT2D eigenvalue weighted by molar-refractivity contribution is 8.02. The average molecular weight is 258 g/mol. The van der Waals surface area contributed by atoms with E-state index in [2.05, 4.69) is 18.2 Å². The molecule has 0 N–H and O–H groups in total. The maximum absolute atomic E-state index is 6.02. The second kappa shape index (κ2) is 3.66. The predicted molar refractivity (Wildman–Crippen MR) is 68.0 cm³/mol. The summed E-state index contributed by atoms with van der Waals surface area (Å²) in [5.41, 5.74) is 4.17. The SMILES string of the molecule is ClP(Cl)n1ccc2ccc3c(c21)CCC3. The predicted octanol–water partition coefficient (Wildman–Crippen LogP) is 4.68. The first kappa shape index (κ1) is 9.96. The highest BCUT2D eigenvalue weighted by Crippen LogP contribution is 2.51. The van der Waals surface area contributed by atoms with Gasteiger partial charge in [0, 0.05) is 11.6 Å². The second-order valence-electron chi connectivity index (χ2n) is 3.87. The van der Waals surface area contributed by atoms with E-state index in [-0.39, 0.29) is 0 Å². The molecular weight excluding hydrogens is 248 g/mol. The molecule has 0 bridgehead atoms. The first-order valence-corrected chi connectivity index (χ1v) is 8.11. The molecule has 3 rings (SSSR count). The van der Waals surface area contributed by atoms with Crippen molar-refractivity contribution in [1.29, 1.82) is 0 Å². The normalized spacial score (nSPS) is 15.1. The van der Waals surface area contributed by atoms with Gasteiger partial charge in [-0.25, -0.2) is 0 Å². The van der Waals surface area contributed by atoms with Crippen molar-refractivity contribution in [3.05, 3.63) is 35.5 Å². The van der Waals surface area contributed by atoms with E-state index in [9.17, 15) is 0 Å². The highest BCUT2D eigenvalue weighted by atomic mass is 35.9. The second-order valence-corrected chi connectivity index (χ2v) is 7.17. The van der Waals surface area contributed by atoms with Gasteiger partial charge in [-0.15, -0.1) is 0 Å². The zero-order valence-electron chi connectivity index (χ0n) is 8.08. The van der Waals surface area contributed by atoms with E-state index in [0.29, 0.717) is 0 Å². The summed E-state index contributed by atoms with van der Waals surface area (Å²) >= 11 is 12.0. The number of nitrogens with zero attached hydrogens (tertiary/aromatic N) is 1. The van der Waals surface area contributed by atoms with Gasteiger partial charge in [-0.3, -0.25) is 0 Å². The lowest BCUT2D eigenvalue weighted by Crippen LogP contribution is -1.89. The van der Waals surface area contributed by atoms with Gasteiger partial charge in [0.1, 0.15) is 0 Å². The molecule has 0 radical (unpaired) electrons. The molecule has 0 spiro atoms. The summed E-state index contributed by atoms with van der Waals surface area (Å²) in [4.78, 5) is 0. The molecule has 0 saturated carbocycles. The third kappa shape index (κ3) is 1.49. The molecule has 4 heteroatoms. The van der Waals surface area contributed by atoms with Crippen molar-refractivity contribution in [2.75, 3.05) is 0 Å². The van der Waals surface area contributed by atoms with Crippen LogP contribution >= 0.6 is 29.3 Å². The van der Waals surface area contributed by atoms with Gasteiger partial charge < -0.3 is 4.34 Å². The van der Waals surface area contributed by atoms with Crippen molar-refractivity contribution in [2.45, 2.75) is 19.3 Å². The fourth-order valence-electron chi connectivity index (χ4n) is 2.42. The van der Waals surface area contributed by atoms with Gasteiger partial charge in [-0.2, -0.15) is 0 Å². The average Bonchev–Trinajstić information content (AvgIpc) is 2.82. The molecule has 78 valence electrons. The quantitative estimate of drug-likeness (QED) is 0.654. The first-order chi connectivity index (χ1) is 7.27. The van der Waals surface area contributed by atoms with Crippen molar-refractivity contribution >= 4 is 40.2 Å². The monoisotopic (exact) mass is 257 g/mol. The zero-order chi connectivity index (χ0) is 10.4. The maximum atomic E-state index is 6.02. The van der Waals surface area contributed by atoms with Gasteiger partial charge >= 0.3 is 0 Å². The Kier molecular flexibility index (Phi) is 2.43. The lowest BCUT2D eigenvalue weighted by molar-refractivity contribution is 0.912. The molecule has 0 unspecified atom stereocenters. The summed E-state index contributed by atoms with van der Waals surface area (Å²) < 4.78 is 2.01. The van der Waals surface area contributed by atoms with Crippen LogP contribution in [0.25, 0.3) is 10.9 Å². The van der Waals surface area contributed by atoms with Crippen LogP contribution in [0.4, 0.5) is 0 Å². The van der Waals surface area contributed by atoms with Gasteiger partial charge in [0.2, 0.25) is 0 Å². The molecule has 2 aromatic rings. The molecule has 1 aliphatic rings. The largest absolute Gasteiger partial charge is 0.301 e. The number of rotatable bonds is 1. The van der Waals surface area contributed by atoms with Crippen LogP contribution in [0.15, 0.2) is 24.4 Å². The fourth-order valence-corrected chi connectivity index (χ4v) is 3.73. The van der Waals surface area contributed by atoms with E-state index in [1.165, 1.54) is 34.9 Å². The van der Waals surface area contributed by atoms with E-state index in [0.717, 1.165) is 6.42 Å². The molecule has 0 atom stereocenters. The summed E-state index contributed by atoms with van der Waals surface area (Å²) in [5, 5.41) is 1.25. The Balaban J connectivity index is 2.36. The van der Waals surface area contributed by atoms with Gasteiger partial charge in [0.15, 0.2) is 6.78 Å². The van der Waals surface area contributed by atoms with Crippen molar-refractivity contribution < 1.29 is 0 Å². The fraction of sp³-hybridized carbons (Fsp3) is 0.273. The van der Waals surface area contributed by atoms with Crippen LogP contribution in [0.3, 0.4) is 0 Å². The third-order valence-corrected chi connectivity index (χ3v) is 4.71. The van der Waals surface area contributed by atoms with Crippen LogP contribution in [0, 0.1) is 0 Å². The number of benzene rings is 1. The van der Waals surface area contributed by atoms with Crippen LogP contribution in [0.5, 0.6) is 0 Å². The maximum Gasteiger partial charge on any atom is 0.191 e. The smallest absolute Gasteiger partial charge is 0.191 e. The Morgan fingerprint density at radius 1 is 1.13 bits per heavy atom. The molecule has 1 aliphatic carbocycles. The zero-order valence-corrected chi connectivity index (χ0v) is 10.5. The number of fused-ring (bicyclic) bond motifs is 3. The van der Waals surface area contributed by atoms with Crippen LogP contribution in [0.2, 0.25) is 0 Å². The topological polar surface area (TPSA) is 4.93 Å². The summed E-state index contributed by atoms with van der Waals surface area (Å²) in [5.74, 6) is 0. The Morgan fingerprint density at radius 2 is 2.00 bits per heavy atom. The summed E-state index contributed by atoms with van der Waals surface area (Å²) in [6, 6.07) is 6.50. The van der Waals surface area contributed by atoms with Crippen molar-refractivity contribution in [1.82, 2.24) is 4.34 Å². The van der Waals surface area contributed by atoms with E-state index in [1.807, 2.05) is 10.5 Å². The number of aryl methyl sites for hydroxylation is 2. The molecule has 0 aliphatic heterocycles. The highest BCUT2D eigenvalue weighted by Gasteiger charge is 2.18. The van der Waals surface area contributed by atoms with Gasteiger partial charge in [-0.1, -0.05) is 34.6 Å². The Hall–Kier alpha value is -0.230. The standard InChI is InChI=1S/C11H10Cl2NP/c12-15(13)14-7-6-9-5-4-8-2-1-3-10(8)11(9)14/h4-7H,1-3H2. The Morgan fingerprint density at radius 3 is 2.80 bits per heavy atom. The van der Waals surface area contributed by atoms with E-state index < -0.39 is 6.78 Å². The molecule has 0 amide bonds. The lowest BCUT2D eigenvalue weighted by Gasteiger charge is -2.08. The summed E-state index contributed by atoms with van der Waals surface area (Å²) in [6.07, 6.45) is 5.60. The minimum absolute atomic E-state index is 1.10. The van der Waals surface area contributed by atoms with E-state index in [4.69, 9.17) is 22.5 Å². The molecule has 0 fully saturated rings. The van der Waals surface area contributed by atoms with Crippen LogP contribution < -0.4 is 0 Å². The number of aromatic nitrogens is 1. The van der Waals surface area contributed by atoms with E-state index in [1.54, 1.807) is 0 Å². The van der Waals surface area contributed by atoms with Crippen LogP contribution in [0.1, 0.15) is 17.5 Å². The van der Waals surface area contributed by atoms with Gasteiger partial charge in [-0.05, 0) is 36.5 Å². The molecule has 1 aromatic heterocycles. The molecule has 1 aromatic carbocycles. The summed E-state index contributed by atoms with van der Waals surface area (Å²) in [6.45, 7) is -1.10. The Labute approximate surface area is 99.4 Å². The number of hydrogen-bond donors (Lipinski definition) is 0. The van der Waals surface area contributed by atoms with Crippen molar-refractivity contribution in [2.24, 2.45) is 0 Å². The van der Waals surface area contributed by atoms with Crippen molar-refractivity contribution in [3.63, 3.8) is 0 Å². The summed E-state index contributed by atoms with van der Waals surface area (Å²) in [7, 11) is 0. The molecule has 15 heavy (non-hydrogen) atoms. The third-order valence-electron chi connectivity index (χ3n) is 3.07. The molecule has 1 heterocycles. The number of halogens is 2. The lowest BCUT2D eigenvalue weighted by atomic mass is 10.1. The van der Waals surface area contributed by atoms with Crippen LogP contribution in [-0.2, 0) is 12.8 Å². The molecule has 0 saturated heterocycles. The Bertz CT molecular complexity index is 519. The van der Waals surface area contributed by atoms with Crippen molar-refractivity contribution in [3.8, 4) is 0 Å². The van der Waals surface area contributed by atoms with E-state index >= 15 is 0 Å². The van der Waals surface area contributed by atoms with Gasteiger partial charge in [0.25, 0.3) is 0 Å². The number of hydrogen-bond acceptors (Lipinski definition) is 0. The minimum atomic E-state index is -1.10. The van der Waals surface area contributed by atoms with Gasteiger partial charge in [0.05, 0.1) is 5.52 Å². The molecule has 1 nitrogen and oxygen atoms in total. The minimum Gasteiger partial charge on any atom is -0.301 e. The first-order valence-electron chi connectivity index (χ1n) is 5.01.